The maximum atomic E-state index is 5.62. The summed E-state index contributed by atoms with van der Waals surface area (Å²) in [5.74, 6) is 1.79. The Bertz CT molecular complexity index is 283. The van der Waals surface area contributed by atoms with Crippen molar-refractivity contribution in [1.29, 1.82) is 0 Å². The summed E-state index contributed by atoms with van der Waals surface area (Å²) in [4.78, 5) is 10.2. The topological polar surface area (TPSA) is 38.2 Å². The zero-order valence-electron chi connectivity index (χ0n) is 8.40. The molecule has 0 aliphatic rings. The molecule has 0 atom stereocenters. The molecule has 1 rings (SSSR count). The largest absolute Gasteiger partial charge is 0.478 e. The van der Waals surface area contributed by atoms with Crippen LogP contribution in [0.25, 0.3) is 0 Å². The van der Waals surface area contributed by atoms with Gasteiger partial charge in [0, 0.05) is 31.7 Å². The van der Waals surface area contributed by atoms with Crippen molar-refractivity contribution < 1.29 is 4.74 Å². The molecule has 1 heterocycles. The van der Waals surface area contributed by atoms with Gasteiger partial charge in [-0.25, -0.2) is 4.98 Å². The lowest BCUT2D eigenvalue weighted by Gasteiger charge is -2.15. The van der Waals surface area contributed by atoms with E-state index in [0.717, 1.165) is 6.54 Å². The molecule has 1 aromatic rings. The molecule has 0 saturated heterocycles. The fourth-order valence-electron chi connectivity index (χ4n) is 0.971. The van der Waals surface area contributed by atoms with Gasteiger partial charge in [-0.1, -0.05) is 0 Å². The van der Waals surface area contributed by atoms with Crippen LogP contribution in [0.2, 0.25) is 0 Å². The van der Waals surface area contributed by atoms with E-state index in [9.17, 15) is 0 Å². The van der Waals surface area contributed by atoms with Gasteiger partial charge in [-0.05, 0) is 6.92 Å². The van der Waals surface area contributed by atoms with Crippen molar-refractivity contribution in [3.8, 4) is 5.88 Å². The maximum Gasteiger partial charge on any atom is 0.228 e. The van der Waals surface area contributed by atoms with Gasteiger partial charge >= 0.3 is 0 Å². The smallest absolute Gasteiger partial charge is 0.228 e. The summed E-state index contributed by atoms with van der Waals surface area (Å²) >= 11 is 5.62. The number of aromatic nitrogens is 2. The van der Waals surface area contributed by atoms with Gasteiger partial charge in [0.25, 0.3) is 0 Å². The third-order valence-electron chi connectivity index (χ3n) is 1.67. The highest BCUT2D eigenvalue weighted by atomic mass is 35.5. The summed E-state index contributed by atoms with van der Waals surface area (Å²) in [6, 6.07) is 1.74. The zero-order valence-corrected chi connectivity index (χ0v) is 9.16. The molecular formula is C9H14ClN3O. The van der Waals surface area contributed by atoms with Crippen molar-refractivity contribution in [1.82, 2.24) is 9.97 Å². The number of halogens is 1. The lowest BCUT2D eigenvalue weighted by atomic mass is 10.6. The van der Waals surface area contributed by atoms with Crippen LogP contribution >= 0.6 is 11.6 Å². The Hall–Kier alpha value is -1.03. The third-order valence-corrected chi connectivity index (χ3v) is 1.84. The van der Waals surface area contributed by atoms with Gasteiger partial charge in [0.2, 0.25) is 11.8 Å². The predicted octanol–water partition coefficient (Wildman–Crippen LogP) is 1.55. The lowest BCUT2D eigenvalue weighted by Crippen LogP contribution is -2.22. The fraction of sp³-hybridized carbons (Fsp3) is 0.556. The first-order valence-electron chi connectivity index (χ1n) is 4.51. The molecule has 0 fully saturated rings. The van der Waals surface area contributed by atoms with Gasteiger partial charge in [-0.3, -0.25) is 0 Å². The van der Waals surface area contributed by atoms with Crippen LogP contribution in [0.1, 0.15) is 6.92 Å². The molecular weight excluding hydrogens is 202 g/mol. The van der Waals surface area contributed by atoms with Crippen molar-refractivity contribution in [2.24, 2.45) is 0 Å². The van der Waals surface area contributed by atoms with Gasteiger partial charge < -0.3 is 9.64 Å². The highest BCUT2D eigenvalue weighted by Gasteiger charge is 2.04. The zero-order chi connectivity index (χ0) is 10.4. The second-order valence-electron chi connectivity index (χ2n) is 2.74. The predicted molar refractivity (Wildman–Crippen MR) is 57.2 cm³/mol. The van der Waals surface area contributed by atoms with E-state index in [-0.39, 0.29) is 0 Å². The molecule has 14 heavy (non-hydrogen) atoms. The van der Waals surface area contributed by atoms with Crippen molar-refractivity contribution in [3.05, 3.63) is 12.3 Å². The second kappa shape index (κ2) is 5.65. The Kier molecular flexibility index (Phi) is 4.46. The van der Waals surface area contributed by atoms with Crippen LogP contribution < -0.4 is 9.64 Å². The van der Waals surface area contributed by atoms with Gasteiger partial charge in [0.15, 0.2) is 0 Å². The Morgan fingerprint density at radius 1 is 1.57 bits per heavy atom. The minimum absolute atomic E-state index is 0.554. The van der Waals surface area contributed by atoms with Crippen LogP contribution in [0.4, 0.5) is 5.95 Å². The molecule has 0 saturated carbocycles. The Morgan fingerprint density at radius 3 is 3.00 bits per heavy atom. The number of ether oxygens (including phenoxy) is 1. The monoisotopic (exact) mass is 215 g/mol. The molecule has 5 heteroatoms. The number of nitrogens with zero attached hydrogens (tertiary/aromatic N) is 3. The number of hydrogen-bond donors (Lipinski definition) is 0. The number of alkyl halides is 1. The number of rotatable bonds is 5. The molecule has 0 aliphatic carbocycles. The molecule has 0 radical (unpaired) electrons. The van der Waals surface area contributed by atoms with E-state index in [4.69, 9.17) is 16.3 Å². The molecule has 1 aromatic heterocycles. The van der Waals surface area contributed by atoms with Crippen molar-refractivity contribution in [2.45, 2.75) is 6.92 Å². The Morgan fingerprint density at radius 2 is 2.36 bits per heavy atom. The standard InChI is InChI=1S/C9H14ClN3O/c1-3-14-8-4-6-11-9(12-8)13(2)7-5-10/h4,6H,3,5,7H2,1-2H3. The second-order valence-corrected chi connectivity index (χ2v) is 3.12. The number of hydrogen-bond acceptors (Lipinski definition) is 4. The van der Waals surface area contributed by atoms with Crippen molar-refractivity contribution >= 4 is 17.5 Å². The maximum absolute atomic E-state index is 5.62. The van der Waals surface area contributed by atoms with E-state index in [1.807, 2.05) is 18.9 Å². The van der Waals surface area contributed by atoms with Crippen molar-refractivity contribution in [3.63, 3.8) is 0 Å². The lowest BCUT2D eigenvalue weighted by molar-refractivity contribution is 0.326. The van der Waals surface area contributed by atoms with Crippen LogP contribution in [-0.4, -0.2) is 36.0 Å². The van der Waals surface area contributed by atoms with Crippen LogP contribution in [0.15, 0.2) is 12.3 Å². The summed E-state index contributed by atoms with van der Waals surface area (Å²) in [7, 11) is 1.90. The molecule has 0 bridgehead atoms. The summed E-state index contributed by atoms with van der Waals surface area (Å²) in [6.45, 7) is 3.25. The molecule has 0 spiro atoms. The van der Waals surface area contributed by atoms with Gasteiger partial charge in [0.05, 0.1) is 6.61 Å². The van der Waals surface area contributed by atoms with E-state index in [1.54, 1.807) is 12.3 Å². The number of anilines is 1. The summed E-state index contributed by atoms with van der Waals surface area (Å²) in [5, 5.41) is 0. The molecule has 0 aromatic carbocycles. The minimum atomic E-state index is 0.554. The van der Waals surface area contributed by atoms with Crippen LogP contribution in [-0.2, 0) is 0 Å². The molecule has 0 unspecified atom stereocenters. The first-order chi connectivity index (χ1) is 6.77. The normalized spacial score (nSPS) is 9.93. The molecule has 4 nitrogen and oxygen atoms in total. The Balaban J connectivity index is 2.71. The molecule has 0 amide bonds. The Labute approximate surface area is 88.9 Å². The van der Waals surface area contributed by atoms with Gasteiger partial charge in [-0.15, -0.1) is 11.6 Å². The average Bonchev–Trinajstić information content (AvgIpc) is 2.19. The first-order valence-corrected chi connectivity index (χ1v) is 5.04. The third kappa shape index (κ3) is 3.03. The first kappa shape index (κ1) is 11.0. The quantitative estimate of drug-likeness (QED) is 0.699. The highest BCUT2D eigenvalue weighted by Crippen LogP contribution is 2.10. The highest BCUT2D eigenvalue weighted by molar-refractivity contribution is 6.18. The molecule has 78 valence electrons. The van der Waals surface area contributed by atoms with E-state index in [1.165, 1.54) is 0 Å². The average molecular weight is 216 g/mol. The summed E-state index contributed by atoms with van der Waals surface area (Å²) in [5.41, 5.74) is 0. The minimum Gasteiger partial charge on any atom is -0.478 e. The summed E-state index contributed by atoms with van der Waals surface area (Å²) in [6.07, 6.45) is 1.68. The van der Waals surface area contributed by atoms with Crippen LogP contribution in [0.3, 0.4) is 0 Å². The fourth-order valence-corrected chi connectivity index (χ4v) is 1.22. The summed E-state index contributed by atoms with van der Waals surface area (Å²) < 4.78 is 5.26. The van der Waals surface area contributed by atoms with E-state index < -0.39 is 0 Å². The van der Waals surface area contributed by atoms with Gasteiger partial charge in [0.1, 0.15) is 0 Å². The van der Waals surface area contributed by atoms with E-state index in [0.29, 0.717) is 24.3 Å². The SMILES string of the molecule is CCOc1ccnc(N(C)CCCl)n1. The van der Waals surface area contributed by atoms with E-state index >= 15 is 0 Å². The van der Waals surface area contributed by atoms with Crippen LogP contribution in [0.5, 0.6) is 5.88 Å². The molecule has 0 aliphatic heterocycles. The van der Waals surface area contributed by atoms with Crippen LogP contribution in [0, 0.1) is 0 Å². The van der Waals surface area contributed by atoms with E-state index in [2.05, 4.69) is 9.97 Å². The molecule has 0 N–H and O–H groups in total. The van der Waals surface area contributed by atoms with Crippen molar-refractivity contribution in [2.75, 3.05) is 31.0 Å². The van der Waals surface area contributed by atoms with Gasteiger partial charge in [-0.2, -0.15) is 4.98 Å².